The molecule has 0 fully saturated rings. The lowest BCUT2D eigenvalue weighted by Gasteiger charge is -2.08. The lowest BCUT2D eigenvalue weighted by atomic mass is 10.2. The highest BCUT2D eigenvalue weighted by atomic mass is 19.1. The van der Waals surface area contributed by atoms with Crippen LogP contribution in [0, 0.1) is 5.82 Å². The minimum atomic E-state index is -0.392. The molecule has 5 rings (SSSR count). The number of nitrogens with one attached hydrogen (secondary N) is 2. The maximum atomic E-state index is 13.6. The Morgan fingerprint density at radius 1 is 1.19 bits per heavy atom. The van der Waals surface area contributed by atoms with E-state index in [4.69, 9.17) is 0 Å². The maximum absolute atomic E-state index is 13.6. The summed E-state index contributed by atoms with van der Waals surface area (Å²) >= 11 is 0. The standard InChI is InChI=1S/C18H13FN6O/c19-11-2-4-13-12(8-11)16-20-5-6-25(16)18(23-13)24-17(26)10-1-3-14-15(7-10)22-9-21-14/h1-4,7-9,20H,5-6H2,(H,21,22). The van der Waals surface area contributed by atoms with E-state index in [-0.39, 0.29) is 5.82 Å². The van der Waals surface area contributed by atoms with Gasteiger partial charge in [0.05, 0.1) is 22.9 Å². The van der Waals surface area contributed by atoms with Gasteiger partial charge in [-0.15, -0.1) is 0 Å². The van der Waals surface area contributed by atoms with Gasteiger partial charge in [-0.1, -0.05) is 0 Å². The van der Waals surface area contributed by atoms with Crippen molar-refractivity contribution in [2.75, 3.05) is 11.9 Å². The molecule has 1 amide bonds. The van der Waals surface area contributed by atoms with Gasteiger partial charge in [-0.25, -0.2) is 14.4 Å². The van der Waals surface area contributed by atoms with Crippen LogP contribution in [0.15, 0.2) is 47.7 Å². The van der Waals surface area contributed by atoms with Crippen molar-refractivity contribution in [3.63, 3.8) is 0 Å². The number of anilines is 1. The summed E-state index contributed by atoms with van der Waals surface area (Å²) in [6.45, 7) is 1.29. The van der Waals surface area contributed by atoms with Crippen LogP contribution in [0.3, 0.4) is 0 Å². The van der Waals surface area contributed by atoms with Gasteiger partial charge in [0.15, 0.2) is 0 Å². The summed E-state index contributed by atoms with van der Waals surface area (Å²) < 4.78 is 15.4. The number of rotatable bonds is 1. The zero-order valence-corrected chi connectivity index (χ0v) is 13.5. The number of carbonyl (C=O) groups excluding carboxylic acids is 1. The predicted octanol–water partition coefficient (Wildman–Crippen LogP) is 2.22. The molecule has 128 valence electrons. The van der Waals surface area contributed by atoms with E-state index in [0.717, 1.165) is 16.9 Å². The Labute approximate surface area is 146 Å². The van der Waals surface area contributed by atoms with Gasteiger partial charge in [0.25, 0.3) is 5.91 Å². The summed E-state index contributed by atoms with van der Waals surface area (Å²) in [6.07, 6.45) is 1.58. The van der Waals surface area contributed by atoms with E-state index in [2.05, 4.69) is 25.3 Å². The van der Waals surface area contributed by atoms with Gasteiger partial charge in [-0.3, -0.25) is 9.36 Å². The molecule has 0 bridgehead atoms. The number of imidazole rings is 1. The summed E-state index contributed by atoms with van der Waals surface area (Å²) in [5.41, 5.74) is 2.89. The summed E-state index contributed by atoms with van der Waals surface area (Å²) in [7, 11) is 0. The van der Waals surface area contributed by atoms with Crippen molar-refractivity contribution in [3.8, 4) is 0 Å². The van der Waals surface area contributed by atoms with Crippen LogP contribution in [-0.2, 0) is 6.54 Å². The number of carbonyl (C=O) groups is 1. The molecule has 2 aromatic heterocycles. The Morgan fingerprint density at radius 3 is 3.00 bits per heavy atom. The van der Waals surface area contributed by atoms with E-state index >= 15 is 0 Å². The number of benzene rings is 2. The average Bonchev–Trinajstić information content (AvgIpc) is 3.31. The molecule has 0 spiro atoms. The highest BCUT2D eigenvalue weighted by Crippen LogP contribution is 2.23. The van der Waals surface area contributed by atoms with Crippen LogP contribution in [-0.4, -0.2) is 32.0 Å². The Morgan fingerprint density at radius 2 is 2.08 bits per heavy atom. The van der Waals surface area contributed by atoms with E-state index < -0.39 is 5.91 Å². The number of hydrogen-bond acceptors (Lipinski definition) is 4. The maximum Gasteiger partial charge on any atom is 0.280 e. The van der Waals surface area contributed by atoms with Crippen molar-refractivity contribution in [1.82, 2.24) is 19.5 Å². The molecule has 8 heteroatoms. The SMILES string of the molecule is O=C(N=c1nc2ccc(F)cc2c2n1CCN2)c1ccc2nc[nH]c2c1. The van der Waals surface area contributed by atoms with Crippen molar-refractivity contribution in [3.05, 3.63) is 59.7 Å². The number of hydrogen-bond donors (Lipinski definition) is 2. The second kappa shape index (κ2) is 5.48. The molecule has 0 radical (unpaired) electrons. The largest absolute Gasteiger partial charge is 0.369 e. The summed E-state index contributed by atoms with van der Waals surface area (Å²) in [5.74, 6) is 0.00607. The molecular formula is C18H13FN6O. The van der Waals surface area contributed by atoms with Crippen LogP contribution < -0.4 is 10.9 Å². The molecule has 2 aromatic carbocycles. The molecule has 0 aliphatic carbocycles. The van der Waals surface area contributed by atoms with Gasteiger partial charge in [0.1, 0.15) is 11.6 Å². The number of aromatic nitrogens is 4. The van der Waals surface area contributed by atoms with E-state index in [1.807, 2.05) is 0 Å². The lowest BCUT2D eigenvalue weighted by Crippen LogP contribution is -2.24. The molecule has 0 saturated carbocycles. The third-order valence-corrected chi connectivity index (χ3v) is 4.44. The number of H-pyrrole nitrogens is 1. The first kappa shape index (κ1) is 14.8. The third-order valence-electron chi connectivity index (χ3n) is 4.44. The van der Waals surface area contributed by atoms with Crippen LogP contribution in [0.4, 0.5) is 10.2 Å². The zero-order valence-electron chi connectivity index (χ0n) is 13.5. The second-order valence-corrected chi connectivity index (χ2v) is 6.05. The number of aromatic amines is 1. The molecule has 26 heavy (non-hydrogen) atoms. The minimum Gasteiger partial charge on any atom is -0.369 e. The lowest BCUT2D eigenvalue weighted by molar-refractivity contribution is 0.0996. The summed E-state index contributed by atoms with van der Waals surface area (Å²) in [6, 6.07) is 9.54. The van der Waals surface area contributed by atoms with Gasteiger partial charge in [0, 0.05) is 24.0 Å². The smallest absolute Gasteiger partial charge is 0.280 e. The van der Waals surface area contributed by atoms with Gasteiger partial charge in [-0.2, -0.15) is 4.99 Å². The number of halogens is 1. The van der Waals surface area contributed by atoms with Crippen molar-refractivity contribution in [2.24, 2.45) is 4.99 Å². The van der Waals surface area contributed by atoms with Crippen LogP contribution in [0.1, 0.15) is 10.4 Å². The van der Waals surface area contributed by atoms with Crippen molar-refractivity contribution < 1.29 is 9.18 Å². The fourth-order valence-electron chi connectivity index (χ4n) is 3.21. The van der Waals surface area contributed by atoms with Gasteiger partial charge >= 0.3 is 0 Å². The monoisotopic (exact) mass is 348 g/mol. The Kier molecular flexibility index (Phi) is 3.11. The molecule has 1 aliphatic rings. The first-order chi connectivity index (χ1) is 12.7. The van der Waals surface area contributed by atoms with Crippen LogP contribution >= 0.6 is 0 Å². The Hall–Kier alpha value is -3.55. The summed E-state index contributed by atoms with van der Waals surface area (Å²) in [4.78, 5) is 28.4. The number of amides is 1. The topological polar surface area (TPSA) is 88.0 Å². The second-order valence-electron chi connectivity index (χ2n) is 6.05. The predicted molar refractivity (Wildman–Crippen MR) is 94.2 cm³/mol. The molecule has 0 atom stereocenters. The zero-order chi connectivity index (χ0) is 17.7. The van der Waals surface area contributed by atoms with E-state index in [9.17, 15) is 9.18 Å². The molecule has 3 heterocycles. The van der Waals surface area contributed by atoms with Crippen LogP contribution in [0.25, 0.3) is 21.9 Å². The fraction of sp³-hybridized carbons (Fsp3) is 0.111. The first-order valence-corrected chi connectivity index (χ1v) is 8.15. The molecule has 2 N–H and O–H groups in total. The van der Waals surface area contributed by atoms with E-state index in [0.29, 0.717) is 35.2 Å². The van der Waals surface area contributed by atoms with Gasteiger partial charge in [0.2, 0.25) is 5.62 Å². The number of fused-ring (bicyclic) bond motifs is 4. The van der Waals surface area contributed by atoms with Gasteiger partial charge < -0.3 is 10.3 Å². The molecule has 0 saturated heterocycles. The first-order valence-electron chi connectivity index (χ1n) is 8.15. The number of nitrogens with zero attached hydrogens (tertiary/aromatic N) is 4. The highest BCUT2D eigenvalue weighted by molar-refractivity contribution is 5.98. The Balaban J connectivity index is 1.68. The molecule has 0 unspecified atom stereocenters. The van der Waals surface area contributed by atoms with Crippen LogP contribution in [0.2, 0.25) is 0 Å². The molecule has 4 aromatic rings. The quantitative estimate of drug-likeness (QED) is 0.552. The van der Waals surface area contributed by atoms with E-state index in [1.165, 1.54) is 12.1 Å². The highest BCUT2D eigenvalue weighted by Gasteiger charge is 2.17. The third kappa shape index (κ3) is 2.26. The van der Waals surface area contributed by atoms with Crippen molar-refractivity contribution >= 4 is 33.7 Å². The molecular weight excluding hydrogens is 335 g/mol. The van der Waals surface area contributed by atoms with Crippen LogP contribution in [0.5, 0.6) is 0 Å². The minimum absolute atomic E-state index is 0.304. The summed E-state index contributed by atoms with van der Waals surface area (Å²) in [5, 5.41) is 3.89. The van der Waals surface area contributed by atoms with E-state index in [1.54, 1.807) is 35.2 Å². The normalized spacial score (nSPS) is 14.0. The van der Waals surface area contributed by atoms with Gasteiger partial charge in [-0.05, 0) is 36.4 Å². The van der Waals surface area contributed by atoms with Crippen molar-refractivity contribution in [2.45, 2.75) is 6.54 Å². The van der Waals surface area contributed by atoms with Crippen molar-refractivity contribution in [1.29, 1.82) is 0 Å². The average molecular weight is 348 g/mol. The molecule has 1 aliphatic heterocycles. The fourth-order valence-corrected chi connectivity index (χ4v) is 3.21. The Bertz CT molecular complexity index is 1260. The molecule has 7 nitrogen and oxygen atoms in total.